The van der Waals surface area contributed by atoms with E-state index in [2.05, 4.69) is 36.5 Å². The number of nitrogens with zero attached hydrogens (tertiary/aromatic N) is 1. The summed E-state index contributed by atoms with van der Waals surface area (Å²) < 4.78 is 5.38. The molecule has 1 aromatic rings. The molecule has 23 heavy (non-hydrogen) atoms. The summed E-state index contributed by atoms with van der Waals surface area (Å²) in [5.74, 6) is 0.690. The van der Waals surface area contributed by atoms with Crippen molar-refractivity contribution in [3.63, 3.8) is 0 Å². The lowest BCUT2D eigenvalue weighted by atomic mass is 9.75. The van der Waals surface area contributed by atoms with E-state index in [-0.39, 0.29) is 6.09 Å². The van der Waals surface area contributed by atoms with Crippen LogP contribution in [-0.4, -0.2) is 41.8 Å². The fourth-order valence-electron chi connectivity index (χ4n) is 3.26. The predicted molar refractivity (Wildman–Crippen MR) is 91.7 cm³/mol. The fourth-order valence-corrected chi connectivity index (χ4v) is 3.26. The summed E-state index contributed by atoms with van der Waals surface area (Å²) in [5.41, 5.74) is 2.36. The third kappa shape index (κ3) is 4.05. The molecule has 126 valence electrons. The molecular formula is C19H28N2O2. The van der Waals surface area contributed by atoms with Gasteiger partial charge in [-0.15, -0.1) is 0 Å². The highest BCUT2D eigenvalue weighted by atomic mass is 16.6. The van der Waals surface area contributed by atoms with Gasteiger partial charge in [0.05, 0.1) is 0 Å². The van der Waals surface area contributed by atoms with Crippen molar-refractivity contribution in [3.8, 4) is 0 Å². The van der Waals surface area contributed by atoms with Gasteiger partial charge in [0.1, 0.15) is 5.60 Å². The molecule has 1 amide bonds. The van der Waals surface area contributed by atoms with Crippen molar-refractivity contribution < 1.29 is 9.53 Å². The van der Waals surface area contributed by atoms with Gasteiger partial charge in [-0.25, -0.2) is 4.79 Å². The number of rotatable bonds is 3. The Hall–Kier alpha value is -1.55. The van der Waals surface area contributed by atoms with E-state index in [4.69, 9.17) is 4.74 Å². The van der Waals surface area contributed by atoms with Crippen LogP contribution in [-0.2, 0) is 4.74 Å². The number of carbonyl (C=O) groups is 1. The Morgan fingerprint density at radius 1 is 1.13 bits per heavy atom. The molecule has 1 aromatic carbocycles. The van der Waals surface area contributed by atoms with Crippen molar-refractivity contribution in [1.29, 1.82) is 0 Å². The molecule has 1 saturated carbocycles. The first kappa shape index (κ1) is 16.3. The van der Waals surface area contributed by atoms with Crippen molar-refractivity contribution in [3.05, 3.63) is 35.4 Å². The minimum Gasteiger partial charge on any atom is -0.444 e. The molecule has 0 aromatic heterocycles. The van der Waals surface area contributed by atoms with Gasteiger partial charge in [-0.1, -0.05) is 29.8 Å². The zero-order valence-electron chi connectivity index (χ0n) is 14.6. The smallest absolute Gasteiger partial charge is 0.410 e. The topological polar surface area (TPSA) is 41.6 Å². The summed E-state index contributed by atoms with van der Waals surface area (Å²) in [5, 5.41) is 3.66. The SMILES string of the molecule is Cc1ccc(C2CC(NC3CN(C(=O)OC(C)(C)C)C3)C2)cc1. The lowest BCUT2D eigenvalue weighted by Gasteiger charge is -2.45. The summed E-state index contributed by atoms with van der Waals surface area (Å²) in [7, 11) is 0. The number of hydrogen-bond donors (Lipinski definition) is 1. The minimum absolute atomic E-state index is 0.193. The number of aryl methyl sites for hydroxylation is 1. The van der Waals surface area contributed by atoms with Crippen LogP contribution in [0.25, 0.3) is 0 Å². The van der Waals surface area contributed by atoms with E-state index in [1.54, 1.807) is 4.90 Å². The average Bonchev–Trinajstić information content (AvgIpc) is 2.34. The van der Waals surface area contributed by atoms with E-state index < -0.39 is 5.60 Å². The number of carbonyl (C=O) groups excluding carboxylic acids is 1. The van der Waals surface area contributed by atoms with Crippen molar-refractivity contribution in [2.75, 3.05) is 13.1 Å². The molecule has 0 unspecified atom stereocenters. The maximum Gasteiger partial charge on any atom is 0.410 e. The quantitative estimate of drug-likeness (QED) is 0.928. The van der Waals surface area contributed by atoms with Crippen LogP contribution in [0.4, 0.5) is 4.79 Å². The van der Waals surface area contributed by atoms with E-state index in [1.807, 2.05) is 20.8 Å². The molecule has 0 atom stereocenters. The molecule has 0 bridgehead atoms. The minimum atomic E-state index is -0.412. The average molecular weight is 316 g/mol. The fraction of sp³-hybridized carbons (Fsp3) is 0.632. The van der Waals surface area contributed by atoms with Crippen LogP contribution in [0.1, 0.15) is 50.7 Å². The monoisotopic (exact) mass is 316 g/mol. The highest BCUT2D eigenvalue weighted by Crippen LogP contribution is 2.37. The Balaban J connectivity index is 1.36. The number of benzene rings is 1. The van der Waals surface area contributed by atoms with E-state index in [0.717, 1.165) is 13.1 Å². The maximum atomic E-state index is 11.9. The van der Waals surface area contributed by atoms with E-state index in [1.165, 1.54) is 24.0 Å². The van der Waals surface area contributed by atoms with Crippen LogP contribution in [0, 0.1) is 6.92 Å². The third-order valence-corrected chi connectivity index (χ3v) is 4.69. The molecule has 1 aliphatic carbocycles. The van der Waals surface area contributed by atoms with Gasteiger partial charge < -0.3 is 15.0 Å². The summed E-state index contributed by atoms with van der Waals surface area (Å²) >= 11 is 0. The zero-order valence-corrected chi connectivity index (χ0v) is 14.6. The summed E-state index contributed by atoms with van der Waals surface area (Å²) in [6, 6.07) is 9.91. The lowest BCUT2D eigenvalue weighted by molar-refractivity contribution is 0.00259. The first-order valence-electron chi connectivity index (χ1n) is 8.61. The summed E-state index contributed by atoms with van der Waals surface area (Å²) in [6.07, 6.45) is 2.21. The molecule has 3 rings (SSSR count). The normalized spacial score (nSPS) is 24.8. The standard InChI is InChI=1S/C19H28N2O2/c1-13-5-7-14(8-6-13)15-9-16(10-15)20-17-11-21(12-17)18(22)23-19(2,3)4/h5-8,15-17,20H,9-12H2,1-4H3. The Kier molecular flexibility index (Phi) is 4.37. The zero-order chi connectivity index (χ0) is 16.6. The van der Waals surface area contributed by atoms with Crippen molar-refractivity contribution in [2.24, 2.45) is 0 Å². The number of amides is 1. The summed E-state index contributed by atoms with van der Waals surface area (Å²) in [6.45, 7) is 9.36. The van der Waals surface area contributed by atoms with Gasteiger partial charge in [0, 0.05) is 25.2 Å². The number of likely N-dealkylation sites (tertiary alicyclic amines) is 1. The maximum absolute atomic E-state index is 11.9. The first-order valence-corrected chi connectivity index (χ1v) is 8.61. The van der Waals surface area contributed by atoms with Crippen molar-refractivity contribution in [1.82, 2.24) is 10.2 Å². The van der Waals surface area contributed by atoms with Gasteiger partial charge in [0.15, 0.2) is 0 Å². The van der Waals surface area contributed by atoms with Crippen LogP contribution >= 0.6 is 0 Å². The lowest BCUT2D eigenvalue weighted by Crippen LogP contribution is -2.63. The van der Waals surface area contributed by atoms with Crippen LogP contribution < -0.4 is 5.32 Å². The molecule has 4 heteroatoms. The number of ether oxygens (including phenoxy) is 1. The Morgan fingerprint density at radius 3 is 2.30 bits per heavy atom. The second-order valence-electron chi connectivity index (χ2n) is 8.02. The molecule has 0 spiro atoms. The van der Waals surface area contributed by atoms with Gasteiger partial charge in [0.25, 0.3) is 0 Å². The highest BCUT2D eigenvalue weighted by molar-refractivity contribution is 5.69. The van der Waals surface area contributed by atoms with Gasteiger partial charge in [-0.3, -0.25) is 0 Å². The highest BCUT2D eigenvalue weighted by Gasteiger charge is 2.38. The predicted octanol–water partition coefficient (Wildman–Crippen LogP) is 3.45. The molecule has 2 aliphatic rings. The van der Waals surface area contributed by atoms with E-state index >= 15 is 0 Å². The molecular weight excluding hydrogens is 288 g/mol. The Morgan fingerprint density at radius 2 is 1.74 bits per heavy atom. The number of nitrogens with one attached hydrogen (secondary N) is 1. The first-order chi connectivity index (χ1) is 10.8. The van der Waals surface area contributed by atoms with Gasteiger partial charge >= 0.3 is 6.09 Å². The summed E-state index contributed by atoms with van der Waals surface area (Å²) in [4.78, 5) is 13.7. The molecule has 1 aliphatic heterocycles. The Labute approximate surface area is 139 Å². The second-order valence-corrected chi connectivity index (χ2v) is 8.02. The van der Waals surface area contributed by atoms with Gasteiger partial charge in [-0.05, 0) is 52.0 Å². The molecule has 0 radical (unpaired) electrons. The van der Waals surface area contributed by atoms with Crippen molar-refractivity contribution in [2.45, 2.75) is 64.1 Å². The largest absolute Gasteiger partial charge is 0.444 e. The van der Waals surface area contributed by atoms with Crippen LogP contribution in [0.2, 0.25) is 0 Å². The van der Waals surface area contributed by atoms with Gasteiger partial charge in [-0.2, -0.15) is 0 Å². The number of hydrogen-bond acceptors (Lipinski definition) is 3. The van der Waals surface area contributed by atoms with Crippen LogP contribution in [0.15, 0.2) is 24.3 Å². The van der Waals surface area contributed by atoms with E-state index in [0.29, 0.717) is 18.0 Å². The Bertz CT molecular complexity index is 550. The third-order valence-electron chi connectivity index (χ3n) is 4.69. The van der Waals surface area contributed by atoms with Crippen LogP contribution in [0.5, 0.6) is 0 Å². The second kappa shape index (κ2) is 6.16. The molecule has 1 N–H and O–H groups in total. The van der Waals surface area contributed by atoms with Gasteiger partial charge in [0.2, 0.25) is 0 Å². The van der Waals surface area contributed by atoms with E-state index in [9.17, 15) is 4.79 Å². The molecule has 2 fully saturated rings. The van der Waals surface area contributed by atoms with Crippen molar-refractivity contribution >= 4 is 6.09 Å². The molecule has 1 saturated heterocycles. The van der Waals surface area contributed by atoms with Crippen LogP contribution in [0.3, 0.4) is 0 Å². The molecule has 4 nitrogen and oxygen atoms in total. The molecule has 1 heterocycles.